The summed E-state index contributed by atoms with van der Waals surface area (Å²) in [7, 11) is 0. The van der Waals surface area contributed by atoms with E-state index >= 15 is 0 Å². The van der Waals surface area contributed by atoms with Crippen LogP contribution in [0.15, 0.2) is 18.2 Å². The molecule has 8 heteroatoms. The fourth-order valence-corrected chi connectivity index (χ4v) is 5.34. The minimum atomic E-state index is -0.0679. The highest BCUT2D eigenvalue weighted by Gasteiger charge is 2.25. The summed E-state index contributed by atoms with van der Waals surface area (Å²) in [5, 5.41) is 4.28. The third-order valence-corrected chi connectivity index (χ3v) is 7.40. The SMILES string of the molecule is Cc1nc(C(=O)NCCN2CCN(c3cccc(Cl)c3Cl)CC2)c(C)n1C1CCCC1. The van der Waals surface area contributed by atoms with Crippen LogP contribution in [-0.2, 0) is 0 Å². The maximum atomic E-state index is 12.8. The minimum Gasteiger partial charge on any atom is -0.368 e. The number of piperazine rings is 1. The number of imidazole rings is 1. The van der Waals surface area contributed by atoms with Gasteiger partial charge in [-0.3, -0.25) is 9.69 Å². The number of rotatable bonds is 6. The summed E-state index contributed by atoms with van der Waals surface area (Å²) >= 11 is 12.5. The predicted molar refractivity (Wildman–Crippen MR) is 127 cm³/mol. The number of nitrogens with zero attached hydrogens (tertiary/aromatic N) is 4. The lowest BCUT2D eigenvalue weighted by Gasteiger charge is -2.36. The maximum Gasteiger partial charge on any atom is 0.271 e. The van der Waals surface area contributed by atoms with Gasteiger partial charge < -0.3 is 14.8 Å². The van der Waals surface area contributed by atoms with E-state index in [1.165, 1.54) is 25.7 Å². The van der Waals surface area contributed by atoms with E-state index < -0.39 is 0 Å². The number of carbonyl (C=O) groups is 1. The van der Waals surface area contributed by atoms with Crippen LogP contribution >= 0.6 is 23.2 Å². The summed E-state index contributed by atoms with van der Waals surface area (Å²) in [4.78, 5) is 22.0. The van der Waals surface area contributed by atoms with Crippen LogP contribution in [-0.4, -0.2) is 59.6 Å². The van der Waals surface area contributed by atoms with E-state index in [-0.39, 0.29) is 5.91 Å². The predicted octanol–water partition coefficient (Wildman–Crippen LogP) is 4.47. The zero-order valence-corrected chi connectivity index (χ0v) is 19.8. The topological polar surface area (TPSA) is 53.4 Å². The van der Waals surface area contributed by atoms with Gasteiger partial charge in [-0.25, -0.2) is 4.98 Å². The van der Waals surface area contributed by atoms with Gasteiger partial charge in [0, 0.05) is 51.0 Å². The van der Waals surface area contributed by atoms with Crippen molar-refractivity contribution in [2.24, 2.45) is 0 Å². The molecule has 0 unspecified atom stereocenters. The van der Waals surface area contributed by atoms with E-state index in [1.54, 1.807) is 0 Å². The van der Waals surface area contributed by atoms with Crippen molar-refractivity contribution in [3.8, 4) is 0 Å². The molecule has 1 N–H and O–H groups in total. The highest BCUT2D eigenvalue weighted by atomic mass is 35.5. The number of hydrogen-bond acceptors (Lipinski definition) is 4. The van der Waals surface area contributed by atoms with Crippen LogP contribution in [0.4, 0.5) is 5.69 Å². The van der Waals surface area contributed by atoms with Crippen LogP contribution < -0.4 is 10.2 Å². The highest BCUT2D eigenvalue weighted by molar-refractivity contribution is 6.43. The van der Waals surface area contributed by atoms with Crippen molar-refractivity contribution in [2.45, 2.75) is 45.6 Å². The molecule has 168 valence electrons. The first-order valence-corrected chi connectivity index (χ1v) is 12.0. The Morgan fingerprint density at radius 1 is 1.13 bits per heavy atom. The molecule has 1 aliphatic carbocycles. The van der Waals surface area contributed by atoms with Crippen LogP contribution in [0.1, 0.15) is 53.7 Å². The van der Waals surface area contributed by atoms with E-state index in [0.717, 1.165) is 49.9 Å². The number of benzene rings is 1. The van der Waals surface area contributed by atoms with E-state index in [2.05, 4.69) is 24.7 Å². The molecule has 1 aromatic carbocycles. The molecule has 2 aliphatic rings. The summed E-state index contributed by atoms with van der Waals surface area (Å²) in [6, 6.07) is 6.26. The summed E-state index contributed by atoms with van der Waals surface area (Å²) in [6.45, 7) is 9.09. The second kappa shape index (κ2) is 9.80. The Kier molecular flexibility index (Phi) is 7.09. The van der Waals surface area contributed by atoms with Gasteiger partial charge in [-0.1, -0.05) is 42.1 Å². The summed E-state index contributed by atoms with van der Waals surface area (Å²) < 4.78 is 2.27. The molecular formula is C23H31Cl2N5O. The zero-order valence-electron chi connectivity index (χ0n) is 18.3. The number of aryl methyl sites for hydroxylation is 1. The van der Waals surface area contributed by atoms with Gasteiger partial charge in [-0.15, -0.1) is 0 Å². The van der Waals surface area contributed by atoms with Crippen molar-refractivity contribution in [1.29, 1.82) is 0 Å². The molecule has 1 saturated carbocycles. The largest absolute Gasteiger partial charge is 0.368 e. The Bertz CT molecular complexity index is 930. The first-order valence-electron chi connectivity index (χ1n) is 11.2. The normalized spacial score (nSPS) is 18.0. The number of anilines is 1. The summed E-state index contributed by atoms with van der Waals surface area (Å²) in [5.74, 6) is 0.882. The van der Waals surface area contributed by atoms with Gasteiger partial charge >= 0.3 is 0 Å². The van der Waals surface area contributed by atoms with Gasteiger partial charge in [0.2, 0.25) is 0 Å². The molecule has 1 aliphatic heterocycles. The van der Waals surface area contributed by atoms with E-state index in [0.29, 0.717) is 28.3 Å². The fourth-order valence-electron chi connectivity index (χ4n) is 4.93. The quantitative estimate of drug-likeness (QED) is 0.686. The molecular weight excluding hydrogens is 433 g/mol. The Hall–Kier alpha value is -1.76. The second-order valence-electron chi connectivity index (χ2n) is 8.56. The zero-order chi connectivity index (χ0) is 22.0. The van der Waals surface area contributed by atoms with Crippen molar-refractivity contribution in [3.05, 3.63) is 45.5 Å². The van der Waals surface area contributed by atoms with Gasteiger partial charge in [0.25, 0.3) is 5.91 Å². The molecule has 2 aromatic rings. The molecule has 6 nitrogen and oxygen atoms in total. The Labute approximate surface area is 194 Å². The average molecular weight is 464 g/mol. The van der Waals surface area contributed by atoms with Crippen molar-refractivity contribution >= 4 is 34.8 Å². The Morgan fingerprint density at radius 3 is 2.55 bits per heavy atom. The lowest BCUT2D eigenvalue weighted by molar-refractivity contribution is 0.0942. The maximum absolute atomic E-state index is 12.8. The monoisotopic (exact) mass is 463 g/mol. The van der Waals surface area contributed by atoms with Gasteiger partial charge in [0.05, 0.1) is 15.7 Å². The van der Waals surface area contributed by atoms with E-state index in [4.69, 9.17) is 23.2 Å². The number of aromatic nitrogens is 2. The number of nitrogens with one attached hydrogen (secondary N) is 1. The molecule has 0 spiro atoms. The summed E-state index contributed by atoms with van der Waals surface area (Å²) in [5.41, 5.74) is 2.56. The molecule has 0 atom stereocenters. The van der Waals surface area contributed by atoms with Crippen molar-refractivity contribution in [2.75, 3.05) is 44.2 Å². The van der Waals surface area contributed by atoms with Crippen LogP contribution in [0, 0.1) is 13.8 Å². The third-order valence-electron chi connectivity index (χ3n) is 6.59. The van der Waals surface area contributed by atoms with Crippen LogP contribution in [0.25, 0.3) is 0 Å². The van der Waals surface area contributed by atoms with Crippen molar-refractivity contribution < 1.29 is 4.79 Å². The highest BCUT2D eigenvalue weighted by Crippen LogP contribution is 2.33. The van der Waals surface area contributed by atoms with Crippen molar-refractivity contribution in [3.63, 3.8) is 0 Å². The smallest absolute Gasteiger partial charge is 0.271 e. The fraction of sp³-hybridized carbons (Fsp3) is 0.565. The number of carbonyl (C=O) groups excluding carboxylic acids is 1. The Balaban J connectivity index is 1.26. The average Bonchev–Trinajstić information content (AvgIpc) is 3.38. The van der Waals surface area contributed by atoms with Crippen LogP contribution in [0.5, 0.6) is 0 Å². The van der Waals surface area contributed by atoms with Crippen LogP contribution in [0.2, 0.25) is 10.0 Å². The molecule has 1 amide bonds. The third kappa shape index (κ3) is 4.86. The number of halogens is 2. The van der Waals surface area contributed by atoms with Crippen molar-refractivity contribution in [1.82, 2.24) is 19.8 Å². The Morgan fingerprint density at radius 2 is 1.84 bits per heavy atom. The molecule has 2 fully saturated rings. The molecule has 31 heavy (non-hydrogen) atoms. The molecule has 4 rings (SSSR count). The number of amides is 1. The first kappa shape index (κ1) is 22.4. The molecule has 1 saturated heterocycles. The first-order chi connectivity index (χ1) is 15.0. The standard InChI is InChI=1S/C23H31Cl2N5O/c1-16-22(27-17(2)30(16)18-6-3-4-7-18)23(31)26-10-11-28-12-14-29(15-13-28)20-9-5-8-19(24)21(20)25/h5,8-9,18H,3-4,6-7,10-15H2,1-2H3,(H,26,31). The summed E-state index contributed by atoms with van der Waals surface area (Å²) in [6.07, 6.45) is 4.90. The molecule has 2 heterocycles. The van der Waals surface area contributed by atoms with Gasteiger partial charge in [0.15, 0.2) is 0 Å². The van der Waals surface area contributed by atoms with E-state index in [9.17, 15) is 4.79 Å². The van der Waals surface area contributed by atoms with Gasteiger partial charge in [-0.05, 0) is 38.8 Å². The second-order valence-corrected chi connectivity index (χ2v) is 9.34. The lowest BCUT2D eigenvalue weighted by atomic mass is 10.2. The molecule has 0 bridgehead atoms. The molecule has 0 radical (unpaired) electrons. The van der Waals surface area contributed by atoms with Gasteiger partial charge in [0.1, 0.15) is 11.5 Å². The minimum absolute atomic E-state index is 0.0679. The molecule has 1 aromatic heterocycles. The lowest BCUT2D eigenvalue weighted by Crippen LogP contribution is -2.48. The van der Waals surface area contributed by atoms with Gasteiger partial charge in [-0.2, -0.15) is 0 Å². The van der Waals surface area contributed by atoms with E-state index in [1.807, 2.05) is 32.0 Å². The number of hydrogen-bond donors (Lipinski definition) is 1. The van der Waals surface area contributed by atoms with Crippen LogP contribution in [0.3, 0.4) is 0 Å².